The lowest BCUT2D eigenvalue weighted by Gasteiger charge is -2.09. The van der Waals surface area contributed by atoms with E-state index in [2.05, 4.69) is 0 Å². The van der Waals surface area contributed by atoms with Crippen LogP contribution in [0.5, 0.6) is 0 Å². The fourth-order valence-electron chi connectivity index (χ4n) is 0.329. The summed E-state index contributed by atoms with van der Waals surface area (Å²) in [5, 5.41) is 16.1. The summed E-state index contributed by atoms with van der Waals surface area (Å²) in [7, 11) is 0. The van der Waals surface area contributed by atoms with Crippen LogP contribution in [-0.4, -0.2) is 16.4 Å². The predicted octanol–water partition coefficient (Wildman–Crippen LogP) is 1.35. The molecule has 0 rings (SSSR count). The molecule has 0 spiro atoms. The maximum Gasteiger partial charge on any atom is 0.0775 e. The lowest BCUT2D eigenvalue weighted by Crippen LogP contribution is -2.14. The van der Waals surface area contributed by atoms with Gasteiger partial charge < -0.3 is 10.5 Å². The van der Waals surface area contributed by atoms with Gasteiger partial charge in [0.25, 0.3) is 0 Å². The second kappa shape index (κ2) is 2.78. The van der Waals surface area contributed by atoms with Crippen LogP contribution in [-0.2, 0) is 0 Å². The molecule has 52 valence electrons. The molecule has 2 N–H and O–H groups in total. The smallest absolute Gasteiger partial charge is 0.0775 e. The molecule has 0 aromatic heterocycles. The molecule has 0 amide bonds. The third-order valence-electron chi connectivity index (χ3n) is 0.741. The maximum absolute atomic E-state index is 9.08. The van der Waals surface area contributed by atoms with Crippen molar-refractivity contribution in [2.75, 3.05) is 0 Å². The van der Waals surface area contributed by atoms with Gasteiger partial charge in [-0.1, -0.05) is 6.08 Å². The Hall–Kier alpha value is -0.630. The Morgan fingerprint density at radius 1 is 1.56 bits per heavy atom. The molecule has 0 saturated heterocycles. The van der Waals surface area contributed by atoms with Crippen LogP contribution in [0.25, 0.3) is 0 Å². The highest BCUT2D eigenvalue weighted by molar-refractivity contribution is 5.89. The van der Waals surface area contributed by atoms with Gasteiger partial charge in [0.2, 0.25) is 0 Å². The van der Waals surface area contributed by atoms with Gasteiger partial charge in [0, 0.05) is 5.71 Å². The van der Waals surface area contributed by atoms with E-state index in [4.69, 9.17) is 10.5 Å². The Kier molecular flexibility index (Phi) is 2.59. The zero-order valence-corrected chi connectivity index (χ0v) is 6.10. The van der Waals surface area contributed by atoms with Gasteiger partial charge in [-0.3, -0.25) is 0 Å². The number of allylic oxidation sites excluding steroid dienone is 1. The Labute approximate surface area is 55.7 Å². The minimum absolute atomic E-state index is 0.456. The van der Waals surface area contributed by atoms with E-state index in [1.54, 1.807) is 32.9 Å². The molecular weight excluding hydrogens is 114 g/mol. The molecule has 0 aliphatic carbocycles. The fourth-order valence-corrected chi connectivity index (χ4v) is 0.329. The second-order valence-corrected chi connectivity index (χ2v) is 2.67. The van der Waals surface area contributed by atoms with Crippen LogP contribution in [0.15, 0.2) is 12.2 Å². The van der Waals surface area contributed by atoms with E-state index in [9.17, 15) is 0 Å². The van der Waals surface area contributed by atoms with Crippen molar-refractivity contribution >= 4 is 5.71 Å². The van der Waals surface area contributed by atoms with E-state index in [1.807, 2.05) is 0 Å². The van der Waals surface area contributed by atoms with Gasteiger partial charge >= 0.3 is 0 Å². The summed E-state index contributed by atoms with van der Waals surface area (Å²) in [4.78, 5) is 0. The number of nitrogens with one attached hydrogen (secondary N) is 1. The van der Waals surface area contributed by atoms with Crippen molar-refractivity contribution in [3.63, 3.8) is 0 Å². The standard InChI is InChI=1S/C7H13NO/c1-6(8)4-5-7(2,3)9/h4-5,8-9H,1-3H3/b5-4-,8-6?. The molecule has 0 bridgehead atoms. The van der Waals surface area contributed by atoms with Crippen LogP contribution in [0.2, 0.25) is 0 Å². The number of hydrogen-bond acceptors (Lipinski definition) is 2. The van der Waals surface area contributed by atoms with Crippen molar-refractivity contribution in [3.8, 4) is 0 Å². The summed E-state index contributed by atoms with van der Waals surface area (Å²) in [6.45, 7) is 5.02. The van der Waals surface area contributed by atoms with Crippen LogP contribution in [0, 0.1) is 5.41 Å². The van der Waals surface area contributed by atoms with Gasteiger partial charge in [0.05, 0.1) is 5.60 Å². The average Bonchev–Trinajstić information content (AvgIpc) is 1.59. The van der Waals surface area contributed by atoms with Crippen molar-refractivity contribution in [3.05, 3.63) is 12.2 Å². The van der Waals surface area contributed by atoms with E-state index in [0.29, 0.717) is 5.71 Å². The van der Waals surface area contributed by atoms with Crippen LogP contribution in [0.3, 0.4) is 0 Å². The summed E-state index contributed by atoms with van der Waals surface area (Å²) in [5.74, 6) is 0. The summed E-state index contributed by atoms with van der Waals surface area (Å²) in [6, 6.07) is 0. The summed E-state index contributed by atoms with van der Waals surface area (Å²) >= 11 is 0. The van der Waals surface area contributed by atoms with Crippen molar-refractivity contribution in [1.82, 2.24) is 0 Å². The Bertz CT molecular complexity index is 130. The van der Waals surface area contributed by atoms with Crippen molar-refractivity contribution in [2.45, 2.75) is 26.4 Å². The van der Waals surface area contributed by atoms with Crippen molar-refractivity contribution in [2.24, 2.45) is 0 Å². The monoisotopic (exact) mass is 127 g/mol. The molecule has 0 atom stereocenters. The van der Waals surface area contributed by atoms with Crippen molar-refractivity contribution in [1.29, 1.82) is 5.41 Å². The predicted molar refractivity (Wildman–Crippen MR) is 38.8 cm³/mol. The number of rotatable bonds is 2. The third kappa shape index (κ3) is 7.37. The van der Waals surface area contributed by atoms with E-state index in [-0.39, 0.29) is 0 Å². The Morgan fingerprint density at radius 3 is 2.11 bits per heavy atom. The highest BCUT2D eigenvalue weighted by atomic mass is 16.3. The second-order valence-electron chi connectivity index (χ2n) is 2.67. The van der Waals surface area contributed by atoms with Crippen LogP contribution < -0.4 is 0 Å². The molecule has 0 fully saturated rings. The van der Waals surface area contributed by atoms with Gasteiger partial charge in [0.1, 0.15) is 0 Å². The zero-order valence-electron chi connectivity index (χ0n) is 6.10. The zero-order chi connectivity index (χ0) is 7.49. The van der Waals surface area contributed by atoms with E-state index in [1.165, 1.54) is 0 Å². The molecule has 0 aliphatic rings. The fraction of sp³-hybridized carbons (Fsp3) is 0.571. The first-order valence-electron chi connectivity index (χ1n) is 2.88. The van der Waals surface area contributed by atoms with E-state index < -0.39 is 5.60 Å². The lowest BCUT2D eigenvalue weighted by molar-refractivity contribution is 0.133. The van der Waals surface area contributed by atoms with Crippen LogP contribution in [0.1, 0.15) is 20.8 Å². The normalized spacial score (nSPS) is 12.4. The van der Waals surface area contributed by atoms with Crippen molar-refractivity contribution < 1.29 is 5.11 Å². The summed E-state index contributed by atoms with van der Waals surface area (Å²) in [6.07, 6.45) is 3.18. The van der Waals surface area contributed by atoms with Gasteiger partial charge in [-0.25, -0.2) is 0 Å². The van der Waals surface area contributed by atoms with E-state index >= 15 is 0 Å². The number of aliphatic hydroxyl groups is 1. The van der Waals surface area contributed by atoms with Crippen LogP contribution >= 0.6 is 0 Å². The summed E-state index contributed by atoms with van der Waals surface area (Å²) < 4.78 is 0. The summed E-state index contributed by atoms with van der Waals surface area (Å²) in [5.41, 5.74) is -0.334. The minimum Gasteiger partial charge on any atom is -0.386 e. The molecule has 0 aromatic rings. The minimum atomic E-state index is -0.789. The first-order chi connectivity index (χ1) is 3.92. The molecule has 9 heavy (non-hydrogen) atoms. The van der Waals surface area contributed by atoms with Gasteiger partial charge in [0.15, 0.2) is 0 Å². The molecule has 0 heterocycles. The first-order valence-corrected chi connectivity index (χ1v) is 2.88. The SMILES string of the molecule is CC(=N)/C=C\C(C)(C)O. The molecule has 0 unspecified atom stereocenters. The molecule has 2 nitrogen and oxygen atoms in total. The van der Waals surface area contributed by atoms with Gasteiger partial charge in [-0.15, -0.1) is 0 Å². The third-order valence-corrected chi connectivity index (χ3v) is 0.741. The highest BCUT2D eigenvalue weighted by Gasteiger charge is 2.04. The molecule has 0 aliphatic heterocycles. The Morgan fingerprint density at radius 2 is 2.00 bits per heavy atom. The molecule has 0 saturated carbocycles. The quantitative estimate of drug-likeness (QED) is 0.540. The molecule has 0 radical (unpaired) electrons. The first kappa shape index (κ1) is 8.37. The number of hydrogen-bond donors (Lipinski definition) is 2. The highest BCUT2D eigenvalue weighted by Crippen LogP contribution is 2.01. The van der Waals surface area contributed by atoms with Gasteiger partial charge in [-0.05, 0) is 26.8 Å². The van der Waals surface area contributed by atoms with E-state index in [0.717, 1.165) is 0 Å². The largest absolute Gasteiger partial charge is 0.386 e. The molecular formula is C7H13NO. The topological polar surface area (TPSA) is 44.1 Å². The Balaban J connectivity index is 3.86. The maximum atomic E-state index is 9.08. The van der Waals surface area contributed by atoms with Gasteiger partial charge in [-0.2, -0.15) is 0 Å². The molecule has 0 aromatic carbocycles. The average molecular weight is 127 g/mol. The lowest BCUT2D eigenvalue weighted by atomic mass is 10.1. The molecule has 2 heteroatoms. The van der Waals surface area contributed by atoms with Crippen LogP contribution in [0.4, 0.5) is 0 Å².